The molecule has 1 aliphatic carbocycles. The molecule has 2 saturated heterocycles. The molecule has 0 bridgehead atoms. The molecule has 43 heavy (non-hydrogen) atoms. The van der Waals surface area contributed by atoms with Crippen LogP contribution < -0.4 is 20.1 Å². The Morgan fingerprint density at radius 3 is 2.72 bits per heavy atom. The van der Waals surface area contributed by atoms with Crippen LogP contribution in [-0.4, -0.2) is 59.8 Å². The maximum Gasteiger partial charge on any atom is 0.319 e. The highest BCUT2D eigenvalue weighted by atomic mass is 35.5. The number of anilines is 2. The first-order valence-corrected chi connectivity index (χ1v) is 15.9. The summed E-state index contributed by atoms with van der Waals surface area (Å²) < 4.78 is 44.7. The Hall–Kier alpha value is -3.46. The van der Waals surface area contributed by atoms with Gasteiger partial charge in [-0.05, 0) is 63.2 Å². The minimum atomic E-state index is -0.719. The van der Waals surface area contributed by atoms with Crippen molar-refractivity contribution >= 4 is 54.7 Å². The number of nitrogen functional groups attached to an aromatic ring is 1. The Morgan fingerprint density at radius 2 is 2.00 bits per heavy atom. The zero-order valence-electron chi connectivity index (χ0n) is 23.6. The number of halogens is 3. The number of aromatic nitrogens is 2. The summed E-state index contributed by atoms with van der Waals surface area (Å²) in [6.07, 6.45) is 6.31. The van der Waals surface area contributed by atoms with Crippen molar-refractivity contribution < 1.29 is 18.3 Å². The standard InChI is InChI=1S/C31H29ClF2N6O2S/c1-39-19-7-4-15(19)13-41-26-22-25(37-30(38-29(22)39)42-14-31-8-2-10-40(31)11-3-9-31)24(34)21(23(26)32)16-5-6-18(33)27-20(16)17(12-35)28(36)43-27/h5-6,15,19H,2-4,7-11,13-14,36H2,1H3. The molecule has 2 aromatic heterocycles. The highest BCUT2D eigenvalue weighted by Crippen LogP contribution is 2.52. The van der Waals surface area contributed by atoms with Gasteiger partial charge in [-0.15, -0.1) is 11.3 Å². The minimum Gasteiger partial charge on any atom is -0.491 e. The van der Waals surface area contributed by atoms with Gasteiger partial charge >= 0.3 is 6.01 Å². The summed E-state index contributed by atoms with van der Waals surface area (Å²) in [5, 5.41) is 10.6. The molecule has 0 spiro atoms. The molecule has 2 unspecified atom stereocenters. The Morgan fingerprint density at radius 1 is 1.21 bits per heavy atom. The molecule has 2 aromatic carbocycles. The molecule has 0 amide bonds. The number of nitrogens with zero attached hydrogens (tertiary/aromatic N) is 5. The lowest BCUT2D eigenvalue weighted by atomic mass is 9.79. The molecule has 5 heterocycles. The van der Waals surface area contributed by atoms with Crippen LogP contribution in [0.15, 0.2) is 12.1 Å². The van der Waals surface area contributed by atoms with Crippen molar-refractivity contribution in [3.8, 4) is 29.0 Å². The van der Waals surface area contributed by atoms with Gasteiger partial charge in [0.1, 0.15) is 34.8 Å². The van der Waals surface area contributed by atoms with E-state index >= 15 is 4.39 Å². The average Bonchev–Trinajstić information content (AvgIpc) is 3.66. The second-order valence-corrected chi connectivity index (χ2v) is 13.6. The fourth-order valence-corrected chi connectivity index (χ4v) is 8.98. The summed E-state index contributed by atoms with van der Waals surface area (Å²) in [7, 11) is 1.96. The monoisotopic (exact) mass is 622 g/mol. The van der Waals surface area contributed by atoms with Gasteiger partial charge in [0, 0.05) is 30.0 Å². The van der Waals surface area contributed by atoms with Crippen molar-refractivity contribution in [1.82, 2.24) is 14.9 Å². The molecular weight excluding hydrogens is 594 g/mol. The number of ether oxygens (including phenoxy) is 2. The summed E-state index contributed by atoms with van der Waals surface area (Å²) in [6, 6.07) is 5.00. The molecule has 12 heteroatoms. The Labute approximate surface area is 255 Å². The van der Waals surface area contributed by atoms with Gasteiger partial charge in [0.25, 0.3) is 0 Å². The van der Waals surface area contributed by atoms with Crippen molar-refractivity contribution in [2.45, 2.75) is 50.1 Å². The third-order valence-corrected chi connectivity index (χ3v) is 11.5. The highest BCUT2D eigenvalue weighted by molar-refractivity contribution is 7.23. The van der Waals surface area contributed by atoms with E-state index in [2.05, 4.69) is 20.9 Å². The SMILES string of the molecule is CN1c2nc(OCC34CCCN3CCC4)nc3c(F)c(-c4ccc(F)c5sc(N)c(C#N)c45)c(Cl)c(c23)OCC2CCC21. The van der Waals surface area contributed by atoms with E-state index in [9.17, 15) is 9.65 Å². The Balaban J connectivity index is 1.36. The first-order valence-electron chi connectivity index (χ1n) is 14.7. The number of fused-ring (bicyclic) bond motifs is 3. The van der Waals surface area contributed by atoms with Gasteiger partial charge in [0.15, 0.2) is 11.6 Å². The molecule has 4 aromatic rings. The molecule has 2 atom stereocenters. The summed E-state index contributed by atoms with van der Waals surface area (Å²) in [4.78, 5) is 14.0. The molecule has 222 valence electrons. The van der Waals surface area contributed by atoms with Crippen LogP contribution in [0.4, 0.5) is 19.6 Å². The molecular formula is C31H29ClF2N6O2S. The van der Waals surface area contributed by atoms with Crippen LogP contribution in [0.5, 0.6) is 11.8 Å². The molecule has 4 aliphatic rings. The summed E-state index contributed by atoms with van der Waals surface area (Å²) in [5.41, 5.74) is 6.36. The van der Waals surface area contributed by atoms with Crippen LogP contribution in [0.2, 0.25) is 5.02 Å². The van der Waals surface area contributed by atoms with E-state index in [1.807, 2.05) is 7.05 Å². The van der Waals surface area contributed by atoms with Gasteiger partial charge in [0.05, 0.1) is 32.8 Å². The quantitative estimate of drug-likeness (QED) is 0.275. The van der Waals surface area contributed by atoms with Crippen LogP contribution >= 0.6 is 22.9 Å². The number of nitrogens with two attached hydrogens (primary N) is 1. The van der Waals surface area contributed by atoms with Crippen molar-refractivity contribution in [2.75, 3.05) is 44.0 Å². The van der Waals surface area contributed by atoms with Crippen LogP contribution in [0.3, 0.4) is 0 Å². The van der Waals surface area contributed by atoms with Crippen LogP contribution in [0, 0.1) is 28.9 Å². The number of hydrogen-bond acceptors (Lipinski definition) is 9. The van der Waals surface area contributed by atoms with Crippen LogP contribution in [0.1, 0.15) is 44.1 Å². The van der Waals surface area contributed by atoms with Crippen molar-refractivity contribution in [1.29, 1.82) is 5.26 Å². The fourth-order valence-electron chi connectivity index (χ4n) is 7.70. The predicted octanol–water partition coefficient (Wildman–Crippen LogP) is 6.51. The van der Waals surface area contributed by atoms with E-state index in [4.69, 9.17) is 31.8 Å². The normalized spacial score (nSPS) is 22.4. The van der Waals surface area contributed by atoms with E-state index in [1.165, 1.54) is 12.1 Å². The van der Waals surface area contributed by atoms with E-state index in [0.717, 1.165) is 63.0 Å². The smallest absolute Gasteiger partial charge is 0.319 e. The fraction of sp³-hybridized carbons (Fsp3) is 0.452. The highest BCUT2D eigenvalue weighted by Gasteiger charge is 2.45. The van der Waals surface area contributed by atoms with Gasteiger partial charge in [-0.2, -0.15) is 15.2 Å². The maximum absolute atomic E-state index is 17.0. The van der Waals surface area contributed by atoms with Gasteiger partial charge in [-0.3, -0.25) is 4.90 Å². The molecule has 2 N–H and O–H groups in total. The summed E-state index contributed by atoms with van der Waals surface area (Å²) >= 11 is 7.97. The van der Waals surface area contributed by atoms with E-state index < -0.39 is 11.6 Å². The van der Waals surface area contributed by atoms with Crippen LogP contribution in [0.25, 0.3) is 32.1 Å². The Bertz CT molecular complexity index is 1870. The van der Waals surface area contributed by atoms with E-state index in [1.54, 1.807) is 0 Å². The lowest BCUT2D eigenvalue weighted by molar-refractivity contribution is 0.107. The van der Waals surface area contributed by atoms with Gasteiger partial charge in [0.2, 0.25) is 0 Å². The molecule has 0 radical (unpaired) electrons. The van der Waals surface area contributed by atoms with Gasteiger partial charge < -0.3 is 20.1 Å². The van der Waals surface area contributed by atoms with E-state index in [-0.39, 0.29) is 71.6 Å². The summed E-state index contributed by atoms with van der Waals surface area (Å²) in [6.45, 7) is 2.94. The number of benzene rings is 2. The topological polar surface area (TPSA) is 101 Å². The van der Waals surface area contributed by atoms with Gasteiger partial charge in [-0.25, -0.2) is 8.78 Å². The van der Waals surface area contributed by atoms with Crippen LogP contribution in [-0.2, 0) is 0 Å². The number of thiophene rings is 1. The van der Waals surface area contributed by atoms with Crippen molar-refractivity contribution in [2.24, 2.45) is 5.92 Å². The lowest BCUT2D eigenvalue weighted by Crippen LogP contribution is -2.49. The third-order valence-electron chi connectivity index (χ3n) is 10.1. The summed E-state index contributed by atoms with van der Waals surface area (Å²) in [5.74, 6) is -0.248. The molecule has 3 aliphatic heterocycles. The van der Waals surface area contributed by atoms with Crippen molar-refractivity contribution in [3.63, 3.8) is 0 Å². The molecule has 3 fully saturated rings. The second kappa shape index (κ2) is 9.78. The first kappa shape index (κ1) is 27.1. The van der Waals surface area contributed by atoms with Crippen molar-refractivity contribution in [3.05, 3.63) is 34.4 Å². The first-order chi connectivity index (χ1) is 20.8. The van der Waals surface area contributed by atoms with E-state index in [0.29, 0.717) is 24.4 Å². The third kappa shape index (κ3) is 3.85. The van der Waals surface area contributed by atoms with Gasteiger partial charge in [-0.1, -0.05) is 17.7 Å². The number of nitriles is 1. The lowest BCUT2D eigenvalue weighted by Gasteiger charge is -2.44. The molecule has 8 nitrogen and oxygen atoms in total. The molecule has 1 saturated carbocycles. The maximum atomic E-state index is 17.0. The Kier molecular flexibility index (Phi) is 6.16. The molecule has 8 rings (SSSR count). The largest absolute Gasteiger partial charge is 0.491 e. The number of hydrogen-bond donors (Lipinski definition) is 1. The second-order valence-electron chi connectivity index (χ2n) is 12.2. The zero-order valence-corrected chi connectivity index (χ0v) is 25.1. The average molecular weight is 623 g/mol. The number of rotatable bonds is 4. The zero-order chi connectivity index (χ0) is 29.6. The predicted molar refractivity (Wildman–Crippen MR) is 163 cm³/mol. The minimum absolute atomic E-state index is 0.00501.